The molecule has 1 fully saturated rings. The predicted molar refractivity (Wildman–Crippen MR) is 81.1 cm³/mol. The highest BCUT2D eigenvalue weighted by Gasteiger charge is 2.36. The first-order chi connectivity index (χ1) is 9.99. The SMILES string of the molecule is Cc1nc(CNC(=O)CC2(CC(=O)O)CCCCC2)cs1. The summed E-state index contributed by atoms with van der Waals surface area (Å²) in [5, 5.41) is 14.9. The van der Waals surface area contributed by atoms with Crippen molar-refractivity contribution in [3.8, 4) is 0 Å². The lowest BCUT2D eigenvalue weighted by Crippen LogP contribution is -2.35. The Morgan fingerprint density at radius 2 is 2.05 bits per heavy atom. The third-order valence-corrected chi connectivity index (χ3v) is 4.93. The number of amides is 1. The molecule has 0 aromatic carbocycles. The molecule has 0 atom stereocenters. The molecule has 1 heterocycles. The summed E-state index contributed by atoms with van der Waals surface area (Å²) in [7, 11) is 0. The molecule has 0 aliphatic heterocycles. The number of aromatic nitrogens is 1. The number of aryl methyl sites for hydroxylation is 1. The van der Waals surface area contributed by atoms with Gasteiger partial charge in [0.2, 0.25) is 5.91 Å². The highest BCUT2D eigenvalue weighted by molar-refractivity contribution is 7.09. The van der Waals surface area contributed by atoms with Crippen LogP contribution in [0, 0.1) is 12.3 Å². The summed E-state index contributed by atoms with van der Waals surface area (Å²) in [5.41, 5.74) is 0.508. The second kappa shape index (κ2) is 7.02. The summed E-state index contributed by atoms with van der Waals surface area (Å²) in [6.45, 7) is 2.35. The van der Waals surface area contributed by atoms with Gasteiger partial charge in [-0.1, -0.05) is 19.3 Å². The lowest BCUT2D eigenvalue weighted by Gasteiger charge is -2.35. The van der Waals surface area contributed by atoms with E-state index in [2.05, 4.69) is 10.3 Å². The molecule has 1 aromatic rings. The molecule has 21 heavy (non-hydrogen) atoms. The van der Waals surface area contributed by atoms with Crippen LogP contribution >= 0.6 is 11.3 Å². The summed E-state index contributed by atoms with van der Waals surface area (Å²) in [5.74, 6) is -0.872. The van der Waals surface area contributed by atoms with Gasteiger partial charge < -0.3 is 10.4 Å². The average Bonchev–Trinajstić information content (AvgIpc) is 2.82. The summed E-state index contributed by atoms with van der Waals surface area (Å²) in [4.78, 5) is 27.6. The molecule has 1 amide bonds. The van der Waals surface area contributed by atoms with Crippen LogP contribution in [0.5, 0.6) is 0 Å². The first-order valence-corrected chi connectivity index (χ1v) is 8.27. The third kappa shape index (κ3) is 4.81. The highest BCUT2D eigenvalue weighted by Crippen LogP contribution is 2.42. The molecule has 1 aliphatic carbocycles. The number of nitrogens with zero attached hydrogens (tertiary/aromatic N) is 1. The van der Waals surface area contributed by atoms with Crippen molar-refractivity contribution in [3.05, 3.63) is 16.1 Å². The number of nitrogens with one attached hydrogen (secondary N) is 1. The first-order valence-electron chi connectivity index (χ1n) is 7.39. The maximum atomic E-state index is 12.1. The highest BCUT2D eigenvalue weighted by atomic mass is 32.1. The number of aliphatic carboxylic acids is 1. The molecule has 0 saturated heterocycles. The molecular weight excluding hydrogens is 288 g/mol. The van der Waals surface area contributed by atoms with Gasteiger partial charge in [0.15, 0.2) is 0 Å². The lowest BCUT2D eigenvalue weighted by molar-refractivity contribution is -0.141. The molecule has 2 N–H and O–H groups in total. The number of carbonyl (C=O) groups is 2. The predicted octanol–water partition coefficient (Wildman–Crippen LogP) is 2.88. The minimum absolute atomic E-state index is 0.0659. The van der Waals surface area contributed by atoms with E-state index in [4.69, 9.17) is 5.11 Å². The van der Waals surface area contributed by atoms with Crippen LogP contribution in [0.3, 0.4) is 0 Å². The molecule has 1 aromatic heterocycles. The Kier molecular flexibility index (Phi) is 5.33. The second-order valence-corrected chi connectivity index (χ2v) is 7.00. The Morgan fingerprint density at radius 1 is 1.33 bits per heavy atom. The number of hydrogen-bond acceptors (Lipinski definition) is 4. The normalized spacial score (nSPS) is 17.4. The van der Waals surface area contributed by atoms with E-state index < -0.39 is 5.97 Å². The van der Waals surface area contributed by atoms with Crippen LogP contribution in [-0.4, -0.2) is 22.0 Å². The van der Waals surface area contributed by atoms with E-state index in [9.17, 15) is 9.59 Å². The molecule has 1 aliphatic rings. The van der Waals surface area contributed by atoms with E-state index in [1.165, 1.54) is 0 Å². The van der Waals surface area contributed by atoms with Gasteiger partial charge in [0.05, 0.1) is 23.7 Å². The number of rotatable bonds is 6. The Labute approximate surface area is 128 Å². The average molecular weight is 310 g/mol. The monoisotopic (exact) mass is 310 g/mol. The molecule has 1 saturated carbocycles. The van der Waals surface area contributed by atoms with Crippen molar-refractivity contribution in [2.45, 2.75) is 58.4 Å². The van der Waals surface area contributed by atoms with E-state index in [0.29, 0.717) is 13.0 Å². The standard InChI is InChI=1S/C15H22N2O3S/c1-11-17-12(10-21-11)9-16-13(18)7-15(8-14(19)20)5-3-2-4-6-15/h10H,2-9H2,1H3,(H,16,18)(H,19,20). The van der Waals surface area contributed by atoms with Gasteiger partial charge in [-0.25, -0.2) is 4.98 Å². The minimum atomic E-state index is -0.806. The van der Waals surface area contributed by atoms with Crippen LogP contribution in [-0.2, 0) is 16.1 Å². The molecule has 0 bridgehead atoms. The number of carboxylic acid groups (broad SMARTS) is 1. The van der Waals surface area contributed by atoms with Gasteiger partial charge in [0.1, 0.15) is 0 Å². The van der Waals surface area contributed by atoms with Gasteiger partial charge in [-0.15, -0.1) is 11.3 Å². The zero-order valence-corrected chi connectivity index (χ0v) is 13.2. The van der Waals surface area contributed by atoms with E-state index in [1.54, 1.807) is 11.3 Å². The molecule has 5 nitrogen and oxygen atoms in total. The van der Waals surface area contributed by atoms with Crippen molar-refractivity contribution in [1.82, 2.24) is 10.3 Å². The van der Waals surface area contributed by atoms with Crippen LogP contribution in [0.4, 0.5) is 0 Å². The van der Waals surface area contributed by atoms with Crippen molar-refractivity contribution in [3.63, 3.8) is 0 Å². The number of thiazole rings is 1. The fourth-order valence-electron chi connectivity index (χ4n) is 3.12. The van der Waals surface area contributed by atoms with Gasteiger partial charge >= 0.3 is 5.97 Å². The van der Waals surface area contributed by atoms with Gasteiger partial charge in [-0.2, -0.15) is 0 Å². The summed E-state index contributed by atoms with van der Waals surface area (Å²) < 4.78 is 0. The largest absolute Gasteiger partial charge is 0.481 e. The minimum Gasteiger partial charge on any atom is -0.481 e. The summed E-state index contributed by atoms with van der Waals surface area (Å²) in [6.07, 6.45) is 5.25. The second-order valence-electron chi connectivity index (χ2n) is 5.94. The molecule has 6 heteroatoms. The zero-order chi connectivity index (χ0) is 15.3. The van der Waals surface area contributed by atoms with Gasteiger partial charge in [-0.05, 0) is 25.2 Å². The number of carboxylic acids is 1. The topological polar surface area (TPSA) is 79.3 Å². The fraction of sp³-hybridized carbons (Fsp3) is 0.667. The summed E-state index contributed by atoms with van der Waals surface area (Å²) in [6, 6.07) is 0. The third-order valence-electron chi connectivity index (χ3n) is 4.11. The smallest absolute Gasteiger partial charge is 0.303 e. The van der Waals surface area contributed by atoms with E-state index in [1.807, 2.05) is 12.3 Å². The Hall–Kier alpha value is -1.43. The molecule has 116 valence electrons. The Morgan fingerprint density at radius 3 is 2.62 bits per heavy atom. The van der Waals surface area contributed by atoms with E-state index >= 15 is 0 Å². The van der Waals surface area contributed by atoms with Crippen molar-refractivity contribution in [2.24, 2.45) is 5.41 Å². The van der Waals surface area contributed by atoms with Gasteiger partial charge in [0, 0.05) is 11.8 Å². The maximum absolute atomic E-state index is 12.1. The van der Waals surface area contributed by atoms with Crippen LogP contribution < -0.4 is 5.32 Å². The van der Waals surface area contributed by atoms with Crippen LogP contribution in [0.15, 0.2) is 5.38 Å². The van der Waals surface area contributed by atoms with Gasteiger partial charge in [0.25, 0.3) is 0 Å². The number of hydrogen-bond donors (Lipinski definition) is 2. The number of carbonyl (C=O) groups excluding carboxylic acids is 1. The van der Waals surface area contributed by atoms with E-state index in [-0.39, 0.29) is 17.7 Å². The molecule has 2 rings (SSSR count). The van der Waals surface area contributed by atoms with E-state index in [0.717, 1.165) is 42.8 Å². The van der Waals surface area contributed by atoms with Gasteiger partial charge in [-0.3, -0.25) is 9.59 Å². The van der Waals surface area contributed by atoms with Crippen molar-refractivity contribution < 1.29 is 14.7 Å². The van der Waals surface area contributed by atoms with Crippen molar-refractivity contribution in [2.75, 3.05) is 0 Å². The molecule has 0 unspecified atom stereocenters. The van der Waals surface area contributed by atoms with Crippen molar-refractivity contribution >= 4 is 23.2 Å². The maximum Gasteiger partial charge on any atom is 0.303 e. The molecule has 0 radical (unpaired) electrons. The molecule has 0 spiro atoms. The van der Waals surface area contributed by atoms with Crippen molar-refractivity contribution in [1.29, 1.82) is 0 Å². The fourth-order valence-corrected chi connectivity index (χ4v) is 3.73. The summed E-state index contributed by atoms with van der Waals surface area (Å²) >= 11 is 1.56. The Balaban J connectivity index is 1.89. The Bertz CT molecular complexity index is 507. The molecular formula is C15H22N2O3S. The lowest BCUT2D eigenvalue weighted by atomic mass is 9.69. The zero-order valence-electron chi connectivity index (χ0n) is 12.4. The van der Waals surface area contributed by atoms with Crippen LogP contribution in [0.25, 0.3) is 0 Å². The first kappa shape index (κ1) is 15.9. The van der Waals surface area contributed by atoms with Crippen LogP contribution in [0.2, 0.25) is 0 Å². The quantitative estimate of drug-likeness (QED) is 0.846. The van der Waals surface area contributed by atoms with Crippen LogP contribution in [0.1, 0.15) is 55.6 Å².